The van der Waals surface area contributed by atoms with E-state index in [1.54, 1.807) is 0 Å². The summed E-state index contributed by atoms with van der Waals surface area (Å²) in [6.07, 6.45) is 3.74. The second-order valence-corrected chi connectivity index (χ2v) is 6.07. The molecule has 0 aromatic heterocycles. The highest BCUT2D eigenvalue weighted by atomic mass is 79.9. The minimum Gasteiger partial charge on any atom is -0.298 e. The molecular weight excluding hydrogens is 268 g/mol. The number of carbonyl (C=O) groups excluding carboxylic acids is 1. The van der Waals surface area contributed by atoms with Crippen LogP contribution in [-0.2, 0) is 14.6 Å². The standard InChI is InChI=1S/C9H17BrO3S/c1-2-3-4-5-6-14(12,13)8-9(11)7-10/h2-8H2,1H3. The van der Waals surface area contributed by atoms with E-state index in [0.29, 0.717) is 6.42 Å². The summed E-state index contributed by atoms with van der Waals surface area (Å²) in [5.74, 6) is -0.434. The van der Waals surface area contributed by atoms with E-state index >= 15 is 0 Å². The molecule has 14 heavy (non-hydrogen) atoms. The predicted molar refractivity (Wildman–Crippen MR) is 61.6 cm³/mol. The lowest BCUT2D eigenvalue weighted by atomic mass is 10.2. The molecule has 0 aliphatic heterocycles. The molecule has 0 aliphatic rings. The van der Waals surface area contributed by atoms with E-state index in [2.05, 4.69) is 22.9 Å². The van der Waals surface area contributed by atoms with Crippen molar-refractivity contribution in [3.8, 4) is 0 Å². The minimum atomic E-state index is -3.15. The van der Waals surface area contributed by atoms with Gasteiger partial charge in [0.2, 0.25) is 0 Å². The van der Waals surface area contributed by atoms with Crippen LogP contribution in [0, 0.1) is 0 Å². The molecule has 84 valence electrons. The second-order valence-electron chi connectivity index (χ2n) is 3.32. The zero-order valence-corrected chi connectivity index (χ0v) is 10.9. The van der Waals surface area contributed by atoms with Gasteiger partial charge in [0.1, 0.15) is 5.75 Å². The van der Waals surface area contributed by atoms with Gasteiger partial charge in [0.05, 0.1) is 11.1 Å². The van der Waals surface area contributed by atoms with Gasteiger partial charge in [0.25, 0.3) is 0 Å². The Kier molecular flexibility index (Phi) is 7.45. The number of sulfone groups is 1. The van der Waals surface area contributed by atoms with Crippen LogP contribution in [-0.4, -0.2) is 31.0 Å². The number of alkyl halides is 1. The first-order valence-corrected chi connectivity index (χ1v) is 7.74. The van der Waals surface area contributed by atoms with Crippen molar-refractivity contribution in [1.29, 1.82) is 0 Å². The largest absolute Gasteiger partial charge is 0.298 e. The Morgan fingerprint density at radius 1 is 1.21 bits per heavy atom. The Balaban J connectivity index is 3.79. The Bertz CT molecular complexity index is 259. The number of hydrogen-bond donors (Lipinski definition) is 0. The van der Waals surface area contributed by atoms with Gasteiger partial charge in [-0.25, -0.2) is 8.42 Å². The zero-order chi connectivity index (χ0) is 11.0. The highest BCUT2D eigenvalue weighted by Gasteiger charge is 2.14. The molecule has 0 amide bonds. The summed E-state index contributed by atoms with van der Waals surface area (Å²) in [7, 11) is -3.15. The number of unbranched alkanes of at least 4 members (excludes halogenated alkanes) is 3. The van der Waals surface area contributed by atoms with Crippen molar-refractivity contribution in [3.05, 3.63) is 0 Å². The van der Waals surface area contributed by atoms with E-state index in [4.69, 9.17) is 0 Å². The Hall–Kier alpha value is 0.1000. The number of halogens is 1. The fourth-order valence-corrected chi connectivity index (χ4v) is 2.95. The van der Waals surface area contributed by atoms with Crippen molar-refractivity contribution in [3.63, 3.8) is 0 Å². The predicted octanol–water partition coefficient (Wildman–Crippen LogP) is 1.95. The van der Waals surface area contributed by atoms with Crippen molar-refractivity contribution in [2.75, 3.05) is 16.8 Å². The molecule has 0 aromatic rings. The maximum absolute atomic E-state index is 11.3. The summed E-state index contributed by atoms with van der Waals surface area (Å²) >= 11 is 2.95. The lowest BCUT2D eigenvalue weighted by molar-refractivity contribution is -0.114. The number of ketones is 1. The van der Waals surface area contributed by atoms with E-state index in [1.165, 1.54) is 0 Å². The molecule has 0 bridgehead atoms. The minimum absolute atomic E-state index is 0.126. The molecule has 0 saturated heterocycles. The van der Waals surface area contributed by atoms with Crippen LogP contribution in [0.15, 0.2) is 0 Å². The fraction of sp³-hybridized carbons (Fsp3) is 0.889. The van der Waals surface area contributed by atoms with E-state index in [1.807, 2.05) is 0 Å². The number of hydrogen-bond acceptors (Lipinski definition) is 3. The van der Waals surface area contributed by atoms with E-state index in [9.17, 15) is 13.2 Å². The van der Waals surface area contributed by atoms with Crippen LogP contribution >= 0.6 is 15.9 Å². The highest BCUT2D eigenvalue weighted by molar-refractivity contribution is 9.09. The smallest absolute Gasteiger partial charge is 0.158 e. The van der Waals surface area contributed by atoms with Crippen LogP contribution in [0.3, 0.4) is 0 Å². The molecule has 0 saturated carbocycles. The van der Waals surface area contributed by atoms with E-state index < -0.39 is 9.84 Å². The second kappa shape index (κ2) is 7.40. The molecule has 3 nitrogen and oxygen atoms in total. The third-order valence-corrected chi connectivity index (χ3v) is 4.14. The summed E-state index contributed by atoms with van der Waals surface area (Å²) in [5.41, 5.74) is 0. The highest BCUT2D eigenvalue weighted by Crippen LogP contribution is 2.03. The van der Waals surface area contributed by atoms with Gasteiger partial charge in [0, 0.05) is 0 Å². The third-order valence-electron chi connectivity index (χ3n) is 1.84. The van der Waals surface area contributed by atoms with Crippen molar-refractivity contribution >= 4 is 31.6 Å². The van der Waals surface area contributed by atoms with Crippen LogP contribution in [0.5, 0.6) is 0 Å². The average Bonchev–Trinajstić information content (AvgIpc) is 2.12. The van der Waals surface area contributed by atoms with Crippen LogP contribution in [0.25, 0.3) is 0 Å². The van der Waals surface area contributed by atoms with Crippen molar-refractivity contribution < 1.29 is 13.2 Å². The van der Waals surface area contributed by atoms with Gasteiger partial charge >= 0.3 is 0 Å². The third kappa shape index (κ3) is 7.50. The molecule has 0 rings (SSSR count). The molecule has 0 aromatic carbocycles. The molecule has 0 N–H and O–H groups in total. The van der Waals surface area contributed by atoms with Crippen LogP contribution in [0.2, 0.25) is 0 Å². The van der Waals surface area contributed by atoms with Crippen LogP contribution in [0.1, 0.15) is 32.6 Å². The summed E-state index contributed by atoms with van der Waals surface area (Å²) in [5, 5.41) is 0.126. The molecule has 5 heteroatoms. The van der Waals surface area contributed by atoms with Crippen molar-refractivity contribution in [1.82, 2.24) is 0 Å². The number of Topliss-reactive ketones (excluding diaryl/α,β-unsaturated/α-hetero) is 1. The summed E-state index contributed by atoms with van der Waals surface area (Å²) in [6, 6.07) is 0. The Labute approximate surface area is 94.3 Å². The normalized spacial score (nSPS) is 11.6. The van der Waals surface area contributed by atoms with Gasteiger partial charge in [-0.2, -0.15) is 0 Å². The first-order valence-electron chi connectivity index (χ1n) is 4.80. The maximum atomic E-state index is 11.3. The first kappa shape index (κ1) is 14.1. The summed E-state index contributed by atoms with van der Waals surface area (Å²) < 4.78 is 22.6. The van der Waals surface area contributed by atoms with Crippen LogP contribution < -0.4 is 0 Å². The molecule has 0 atom stereocenters. The van der Waals surface area contributed by atoms with Gasteiger partial charge in [-0.15, -0.1) is 0 Å². The number of rotatable bonds is 8. The summed E-state index contributed by atoms with van der Waals surface area (Å²) in [6.45, 7) is 2.07. The van der Waals surface area contributed by atoms with E-state index in [0.717, 1.165) is 19.3 Å². The van der Waals surface area contributed by atoms with Crippen LogP contribution in [0.4, 0.5) is 0 Å². The topological polar surface area (TPSA) is 51.2 Å². The van der Waals surface area contributed by atoms with Crippen molar-refractivity contribution in [2.24, 2.45) is 0 Å². The first-order chi connectivity index (χ1) is 6.52. The van der Waals surface area contributed by atoms with Gasteiger partial charge in [-0.1, -0.05) is 42.1 Å². The molecule has 0 radical (unpaired) electrons. The quantitative estimate of drug-likeness (QED) is 0.506. The lowest BCUT2D eigenvalue weighted by Crippen LogP contribution is -2.19. The molecular formula is C9H17BrO3S. The van der Waals surface area contributed by atoms with Gasteiger partial charge in [-0.05, 0) is 6.42 Å². The van der Waals surface area contributed by atoms with Gasteiger partial charge in [-0.3, -0.25) is 4.79 Å². The SMILES string of the molecule is CCCCCCS(=O)(=O)CC(=O)CBr. The Morgan fingerprint density at radius 3 is 2.36 bits per heavy atom. The molecule has 0 aliphatic carbocycles. The Morgan fingerprint density at radius 2 is 1.86 bits per heavy atom. The molecule has 0 fully saturated rings. The number of carbonyl (C=O) groups is 1. The molecule has 0 unspecified atom stereocenters. The van der Waals surface area contributed by atoms with Gasteiger partial charge < -0.3 is 0 Å². The lowest BCUT2D eigenvalue weighted by Gasteiger charge is -2.01. The molecule has 0 spiro atoms. The summed E-state index contributed by atoms with van der Waals surface area (Å²) in [4.78, 5) is 10.9. The molecule has 0 heterocycles. The monoisotopic (exact) mass is 284 g/mol. The van der Waals surface area contributed by atoms with Crippen molar-refractivity contribution in [2.45, 2.75) is 32.6 Å². The van der Waals surface area contributed by atoms with E-state index in [-0.39, 0.29) is 22.6 Å². The maximum Gasteiger partial charge on any atom is 0.158 e. The average molecular weight is 285 g/mol. The zero-order valence-electron chi connectivity index (χ0n) is 8.46. The fourth-order valence-electron chi connectivity index (χ4n) is 1.10. The van der Waals surface area contributed by atoms with Gasteiger partial charge in [0.15, 0.2) is 15.6 Å².